The molecule has 3 rings (SSSR count). The fourth-order valence-corrected chi connectivity index (χ4v) is 3.13. The third-order valence-electron chi connectivity index (χ3n) is 4.07. The summed E-state index contributed by atoms with van der Waals surface area (Å²) in [5, 5.41) is 12.4. The van der Waals surface area contributed by atoms with Gasteiger partial charge in [0, 0.05) is 16.6 Å². The monoisotopic (exact) mass is 585 g/mol. The number of thiocarbonyl (C=S) groups is 1. The van der Waals surface area contributed by atoms with Gasteiger partial charge >= 0.3 is 33.3 Å². The van der Waals surface area contributed by atoms with E-state index >= 15 is 0 Å². The summed E-state index contributed by atoms with van der Waals surface area (Å²) in [4.78, 5) is 11.2. The minimum atomic E-state index is -0.934. The summed E-state index contributed by atoms with van der Waals surface area (Å²) < 4.78 is 0. The second-order valence-corrected chi connectivity index (χ2v) is 6.83. The molecule has 0 aromatic heterocycles. The molecule has 0 bridgehead atoms. The van der Waals surface area contributed by atoms with Crippen molar-refractivity contribution in [1.29, 1.82) is 0 Å². The standard InChI is InChI=1S/C13H17NS.C7H5ClO2.Pb.2H/c15-13(11-7-3-1-4-8-11)14-12-9-5-2-6-10-12;8-6-3-1-5(2-4-6)7(9)10;;;/h1,3-4,7-8,12H,2,5-6,9-10H2,(H,14,15);1-4H,(H,9,10);;;. The molecule has 0 unspecified atom stereocenters. The van der Waals surface area contributed by atoms with Gasteiger partial charge in [0.25, 0.3) is 0 Å². The second-order valence-electron chi connectivity index (χ2n) is 5.99. The molecule has 1 fully saturated rings. The van der Waals surface area contributed by atoms with E-state index < -0.39 is 5.97 Å². The molecule has 0 saturated heterocycles. The Morgan fingerprint density at radius 1 is 0.962 bits per heavy atom. The van der Waals surface area contributed by atoms with Crippen LogP contribution in [0.4, 0.5) is 0 Å². The summed E-state index contributed by atoms with van der Waals surface area (Å²) in [6, 6.07) is 16.8. The maximum atomic E-state index is 10.3. The number of nitrogens with one attached hydrogen (secondary N) is 1. The van der Waals surface area contributed by atoms with Crippen LogP contribution in [0.3, 0.4) is 0 Å². The third kappa shape index (κ3) is 8.14. The van der Waals surface area contributed by atoms with Crippen LogP contribution in [0.25, 0.3) is 0 Å². The van der Waals surface area contributed by atoms with Crippen LogP contribution in [-0.2, 0) is 0 Å². The number of rotatable bonds is 3. The summed E-state index contributed by atoms with van der Waals surface area (Å²) in [5.41, 5.74) is 1.39. The Morgan fingerprint density at radius 2 is 1.54 bits per heavy atom. The molecule has 26 heavy (non-hydrogen) atoms. The SMILES string of the molecule is O=C(O)c1ccc(Cl)cc1.S=C(NC1CCCCC1)c1ccccc1.[PbH2]. The van der Waals surface area contributed by atoms with E-state index in [0.29, 0.717) is 11.1 Å². The number of hydrogen-bond acceptors (Lipinski definition) is 2. The topological polar surface area (TPSA) is 49.3 Å². The van der Waals surface area contributed by atoms with E-state index in [0.717, 1.165) is 10.6 Å². The first kappa shape index (κ1) is 23.1. The van der Waals surface area contributed by atoms with Crippen molar-refractivity contribution in [2.75, 3.05) is 0 Å². The molecule has 0 aliphatic heterocycles. The fraction of sp³-hybridized carbons (Fsp3) is 0.300. The molecule has 2 aromatic rings. The normalized spacial score (nSPS) is 13.6. The molecule has 0 spiro atoms. The number of aromatic carboxylic acids is 1. The molecule has 3 nitrogen and oxygen atoms in total. The summed E-state index contributed by atoms with van der Waals surface area (Å²) in [6.45, 7) is 0. The van der Waals surface area contributed by atoms with E-state index in [2.05, 4.69) is 17.4 Å². The molecule has 1 aliphatic carbocycles. The number of carboxylic acid groups (broad SMARTS) is 1. The Hall–Kier alpha value is -0.988. The number of halogens is 1. The molecule has 2 N–H and O–H groups in total. The van der Waals surface area contributed by atoms with Crippen LogP contribution in [0.1, 0.15) is 48.0 Å². The van der Waals surface area contributed by atoms with Crippen molar-refractivity contribution in [3.05, 3.63) is 70.7 Å². The van der Waals surface area contributed by atoms with Gasteiger partial charge < -0.3 is 10.4 Å². The van der Waals surface area contributed by atoms with Gasteiger partial charge in [-0.05, 0) is 37.1 Å². The minimum absolute atomic E-state index is 0. The number of carbonyl (C=O) groups is 1. The van der Waals surface area contributed by atoms with Crippen molar-refractivity contribution in [1.82, 2.24) is 5.32 Å². The van der Waals surface area contributed by atoms with Crippen molar-refractivity contribution >= 4 is 62.1 Å². The van der Waals surface area contributed by atoms with Gasteiger partial charge in [0.05, 0.1) is 5.56 Å². The van der Waals surface area contributed by atoms with Crippen LogP contribution in [-0.4, -0.2) is 49.4 Å². The summed E-state index contributed by atoms with van der Waals surface area (Å²) in [7, 11) is 0. The van der Waals surface area contributed by atoms with E-state index in [9.17, 15) is 4.79 Å². The van der Waals surface area contributed by atoms with Crippen LogP contribution >= 0.6 is 23.8 Å². The van der Waals surface area contributed by atoms with E-state index in [4.69, 9.17) is 28.9 Å². The van der Waals surface area contributed by atoms with Crippen molar-refractivity contribution < 1.29 is 9.90 Å². The molecule has 0 amide bonds. The third-order valence-corrected chi connectivity index (χ3v) is 4.67. The van der Waals surface area contributed by atoms with Crippen molar-refractivity contribution in [3.63, 3.8) is 0 Å². The van der Waals surface area contributed by atoms with Crippen LogP contribution < -0.4 is 5.32 Å². The van der Waals surface area contributed by atoms with Crippen LogP contribution in [0.15, 0.2) is 54.6 Å². The van der Waals surface area contributed by atoms with Crippen LogP contribution in [0.2, 0.25) is 5.02 Å². The van der Waals surface area contributed by atoms with E-state index in [1.54, 1.807) is 12.1 Å². The molecule has 0 heterocycles. The van der Waals surface area contributed by atoms with Gasteiger partial charge in [-0.2, -0.15) is 0 Å². The van der Waals surface area contributed by atoms with Gasteiger partial charge in [-0.3, -0.25) is 0 Å². The zero-order valence-corrected chi connectivity index (χ0v) is 21.7. The van der Waals surface area contributed by atoms with Crippen molar-refractivity contribution in [3.8, 4) is 0 Å². The average molecular weight is 585 g/mol. The first-order valence-electron chi connectivity index (χ1n) is 8.41. The van der Waals surface area contributed by atoms with Crippen LogP contribution in [0, 0.1) is 0 Å². The zero-order chi connectivity index (χ0) is 18.1. The van der Waals surface area contributed by atoms with E-state index in [-0.39, 0.29) is 32.9 Å². The van der Waals surface area contributed by atoms with Gasteiger partial charge in [-0.15, -0.1) is 0 Å². The molecule has 2 aromatic carbocycles. The van der Waals surface area contributed by atoms with E-state index in [1.165, 1.54) is 44.2 Å². The predicted molar refractivity (Wildman–Crippen MR) is 115 cm³/mol. The molecular formula is C20H24ClNO2PbS. The molecular weight excluding hydrogens is 561 g/mol. The van der Waals surface area contributed by atoms with Gasteiger partial charge in [-0.25, -0.2) is 4.79 Å². The second kappa shape index (κ2) is 12.4. The number of hydrogen-bond donors (Lipinski definition) is 2. The Bertz CT molecular complexity index is 689. The molecule has 1 saturated carbocycles. The maximum absolute atomic E-state index is 10.3. The molecule has 138 valence electrons. The quantitative estimate of drug-likeness (QED) is 0.415. The number of benzene rings is 2. The molecule has 1 aliphatic rings. The van der Waals surface area contributed by atoms with Crippen molar-refractivity contribution in [2.45, 2.75) is 38.1 Å². The Morgan fingerprint density at radius 3 is 2.08 bits per heavy atom. The molecule has 6 heteroatoms. The Balaban J connectivity index is 0.000000270. The Labute approximate surface area is 185 Å². The number of carboxylic acids is 1. The van der Waals surface area contributed by atoms with Gasteiger partial charge in [0.2, 0.25) is 0 Å². The van der Waals surface area contributed by atoms with Gasteiger partial charge in [0.15, 0.2) is 0 Å². The average Bonchev–Trinajstić information content (AvgIpc) is 2.64. The van der Waals surface area contributed by atoms with Gasteiger partial charge in [-0.1, -0.05) is 73.4 Å². The van der Waals surface area contributed by atoms with Crippen LogP contribution in [0.5, 0.6) is 0 Å². The Kier molecular flexibility index (Phi) is 11.0. The summed E-state index contributed by atoms with van der Waals surface area (Å²) in [5.74, 6) is -0.934. The molecule has 0 atom stereocenters. The first-order valence-corrected chi connectivity index (χ1v) is 9.19. The van der Waals surface area contributed by atoms with E-state index in [1.807, 2.05) is 18.2 Å². The summed E-state index contributed by atoms with van der Waals surface area (Å²) >= 11 is 10.9. The molecule has 2 radical (unpaired) electrons. The summed E-state index contributed by atoms with van der Waals surface area (Å²) in [6.07, 6.45) is 6.61. The fourth-order valence-electron chi connectivity index (χ4n) is 2.70. The van der Waals surface area contributed by atoms with Gasteiger partial charge in [0.1, 0.15) is 4.99 Å². The first-order chi connectivity index (χ1) is 12.1. The van der Waals surface area contributed by atoms with Crippen molar-refractivity contribution in [2.24, 2.45) is 0 Å². The zero-order valence-electron chi connectivity index (χ0n) is 14.7. The predicted octanol–water partition coefficient (Wildman–Crippen LogP) is 4.41.